The molecule has 1 aliphatic heterocycles. The van der Waals surface area contributed by atoms with Crippen LogP contribution in [0.4, 0.5) is 11.6 Å². The SMILES string of the molecule is c1nc(NCc2ccc(C3CC3)cc2)cc(N2CCCC2)n1. The number of hydrogen-bond donors (Lipinski definition) is 1. The Hall–Kier alpha value is -2.10. The summed E-state index contributed by atoms with van der Waals surface area (Å²) >= 11 is 0. The van der Waals surface area contributed by atoms with Crippen LogP contribution < -0.4 is 10.2 Å². The maximum atomic E-state index is 4.39. The summed E-state index contributed by atoms with van der Waals surface area (Å²) in [5.74, 6) is 2.77. The molecule has 1 aromatic carbocycles. The van der Waals surface area contributed by atoms with Crippen molar-refractivity contribution in [1.82, 2.24) is 9.97 Å². The fraction of sp³-hybridized carbons (Fsp3) is 0.444. The monoisotopic (exact) mass is 294 g/mol. The van der Waals surface area contributed by atoms with Gasteiger partial charge in [0.05, 0.1) is 0 Å². The maximum Gasteiger partial charge on any atom is 0.134 e. The Balaban J connectivity index is 1.39. The zero-order valence-corrected chi connectivity index (χ0v) is 12.8. The van der Waals surface area contributed by atoms with Gasteiger partial charge in [0.1, 0.15) is 18.0 Å². The van der Waals surface area contributed by atoms with Crippen molar-refractivity contribution in [3.63, 3.8) is 0 Å². The van der Waals surface area contributed by atoms with Crippen molar-refractivity contribution in [2.24, 2.45) is 0 Å². The van der Waals surface area contributed by atoms with Crippen LogP contribution in [0, 0.1) is 0 Å². The van der Waals surface area contributed by atoms with Crippen LogP contribution in [0.5, 0.6) is 0 Å². The minimum absolute atomic E-state index is 0.807. The Labute approximate surface area is 131 Å². The summed E-state index contributed by atoms with van der Waals surface area (Å²) in [7, 11) is 0. The molecule has 114 valence electrons. The Bertz CT molecular complexity index is 628. The summed E-state index contributed by atoms with van der Waals surface area (Å²) in [6.07, 6.45) is 6.90. The highest BCUT2D eigenvalue weighted by Crippen LogP contribution is 2.39. The average molecular weight is 294 g/mol. The van der Waals surface area contributed by atoms with Crippen molar-refractivity contribution in [2.45, 2.75) is 38.1 Å². The third-order valence-electron chi connectivity index (χ3n) is 4.58. The minimum atomic E-state index is 0.807. The number of anilines is 2. The van der Waals surface area contributed by atoms with Crippen molar-refractivity contribution < 1.29 is 0 Å². The van der Waals surface area contributed by atoms with E-state index in [1.54, 1.807) is 6.33 Å². The number of aromatic nitrogens is 2. The first-order valence-corrected chi connectivity index (χ1v) is 8.28. The first kappa shape index (κ1) is 13.6. The lowest BCUT2D eigenvalue weighted by Gasteiger charge is -2.16. The molecule has 1 saturated heterocycles. The third-order valence-corrected chi connectivity index (χ3v) is 4.58. The highest BCUT2D eigenvalue weighted by atomic mass is 15.2. The molecule has 1 aromatic heterocycles. The molecule has 2 aromatic rings. The first-order valence-electron chi connectivity index (χ1n) is 8.28. The molecule has 2 aliphatic rings. The molecule has 0 radical (unpaired) electrons. The molecule has 0 spiro atoms. The second-order valence-corrected chi connectivity index (χ2v) is 6.33. The van der Waals surface area contributed by atoms with Gasteiger partial charge < -0.3 is 10.2 Å². The molecule has 1 aliphatic carbocycles. The number of rotatable bonds is 5. The van der Waals surface area contributed by atoms with E-state index in [0.717, 1.165) is 37.2 Å². The third kappa shape index (κ3) is 3.06. The van der Waals surface area contributed by atoms with Crippen molar-refractivity contribution in [3.8, 4) is 0 Å². The first-order chi connectivity index (χ1) is 10.9. The van der Waals surface area contributed by atoms with Gasteiger partial charge in [-0.2, -0.15) is 0 Å². The van der Waals surface area contributed by atoms with Gasteiger partial charge in [-0.1, -0.05) is 24.3 Å². The van der Waals surface area contributed by atoms with E-state index in [1.807, 2.05) is 0 Å². The molecule has 0 atom stereocenters. The van der Waals surface area contributed by atoms with Gasteiger partial charge in [0.2, 0.25) is 0 Å². The van der Waals surface area contributed by atoms with Crippen LogP contribution in [0.25, 0.3) is 0 Å². The lowest BCUT2D eigenvalue weighted by molar-refractivity contribution is 0.925. The Kier molecular flexibility index (Phi) is 3.67. The minimum Gasteiger partial charge on any atom is -0.366 e. The van der Waals surface area contributed by atoms with Gasteiger partial charge in [-0.3, -0.25) is 0 Å². The number of hydrogen-bond acceptors (Lipinski definition) is 4. The Morgan fingerprint density at radius 2 is 1.82 bits per heavy atom. The van der Waals surface area contributed by atoms with E-state index in [2.05, 4.69) is 50.5 Å². The summed E-state index contributed by atoms with van der Waals surface area (Å²) in [4.78, 5) is 11.1. The smallest absolute Gasteiger partial charge is 0.134 e. The zero-order valence-electron chi connectivity index (χ0n) is 12.8. The van der Waals surface area contributed by atoms with Gasteiger partial charge in [-0.15, -0.1) is 0 Å². The molecule has 4 heteroatoms. The van der Waals surface area contributed by atoms with Gasteiger partial charge in [0.25, 0.3) is 0 Å². The molecule has 1 saturated carbocycles. The van der Waals surface area contributed by atoms with E-state index in [0.29, 0.717) is 0 Å². The highest BCUT2D eigenvalue weighted by Gasteiger charge is 2.22. The van der Waals surface area contributed by atoms with Gasteiger partial charge in [0, 0.05) is 25.7 Å². The maximum absolute atomic E-state index is 4.39. The topological polar surface area (TPSA) is 41.1 Å². The lowest BCUT2D eigenvalue weighted by atomic mass is 10.1. The summed E-state index contributed by atoms with van der Waals surface area (Å²) in [5, 5.41) is 3.41. The normalized spacial score (nSPS) is 17.7. The van der Waals surface area contributed by atoms with Gasteiger partial charge >= 0.3 is 0 Å². The van der Waals surface area contributed by atoms with Crippen LogP contribution in [-0.4, -0.2) is 23.1 Å². The predicted octanol–water partition coefficient (Wildman–Crippen LogP) is 3.57. The van der Waals surface area contributed by atoms with E-state index in [4.69, 9.17) is 0 Å². The molecular weight excluding hydrogens is 272 g/mol. The zero-order chi connectivity index (χ0) is 14.8. The second-order valence-electron chi connectivity index (χ2n) is 6.33. The standard InChI is InChI=1S/C18H22N4/c1-2-10-22(9-1)18-11-17(20-13-21-18)19-12-14-3-5-15(6-4-14)16-7-8-16/h3-6,11,13,16H,1-2,7-10,12H2,(H,19,20,21). The summed E-state index contributed by atoms with van der Waals surface area (Å²) in [5.41, 5.74) is 2.79. The molecule has 0 unspecified atom stereocenters. The average Bonchev–Trinajstić information content (AvgIpc) is 3.28. The largest absolute Gasteiger partial charge is 0.366 e. The van der Waals surface area contributed by atoms with E-state index in [-0.39, 0.29) is 0 Å². The molecule has 4 rings (SSSR count). The van der Waals surface area contributed by atoms with Crippen LogP contribution in [0.1, 0.15) is 42.7 Å². The number of benzene rings is 1. The van der Waals surface area contributed by atoms with Gasteiger partial charge in [-0.25, -0.2) is 9.97 Å². The van der Waals surface area contributed by atoms with E-state index >= 15 is 0 Å². The van der Waals surface area contributed by atoms with E-state index in [1.165, 1.54) is 36.8 Å². The molecular formula is C18H22N4. The van der Waals surface area contributed by atoms with Crippen molar-refractivity contribution in [1.29, 1.82) is 0 Å². The van der Waals surface area contributed by atoms with Crippen LogP contribution in [0.2, 0.25) is 0 Å². The Morgan fingerprint density at radius 1 is 1.05 bits per heavy atom. The molecule has 22 heavy (non-hydrogen) atoms. The lowest BCUT2D eigenvalue weighted by Crippen LogP contribution is -2.19. The molecule has 0 amide bonds. The van der Waals surface area contributed by atoms with Crippen LogP contribution >= 0.6 is 0 Å². The molecule has 2 fully saturated rings. The fourth-order valence-electron chi connectivity index (χ4n) is 3.08. The predicted molar refractivity (Wildman–Crippen MR) is 89.2 cm³/mol. The van der Waals surface area contributed by atoms with Crippen LogP contribution in [0.15, 0.2) is 36.7 Å². The van der Waals surface area contributed by atoms with E-state index in [9.17, 15) is 0 Å². The molecule has 0 bridgehead atoms. The van der Waals surface area contributed by atoms with Gasteiger partial charge in [0.15, 0.2) is 0 Å². The Morgan fingerprint density at radius 3 is 2.55 bits per heavy atom. The van der Waals surface area contributed by atoms with Crippen LogP contribution in [0.3, 0.4) is 0 Å². The van der Waals surface area contributed by atoms with Crippen molar-refractivity contribution in [3.05, 3.63) is 47.8 Å². The quantitative estimate of drug-likeness (QED) is 0.915. The molecule has 1 N–H and O–H groups in total. The molecule has 4 nitrogen and oxygen atoms in total. The summed E-state index contributed by atoms with van der Waals surface area (Å²) in [6, 6.07) is 11.0. The number of nitrogens with one attached hydrogen (secondary N) is 1. The van der Waals surface area contributed by atoms with Crippen molar-refractivity contribution >= 4 is 11.6 Å². The van der Waals surface area contributed by atoms with E-state index < -0.39 is 0 Å². The fourth-order valence-corrected chi connectivity index (χ4v) is 3.08. The molecule has 2 heterocycles. The van der Waals surface area contributed by atoms with Crippen molar-refractivity contribution in [2.75, 3.05) is 23.3 Å². The summed E-state index contributed by atoms with van der Waals surface area (Å²) < 4.78 is 0. The van der Waals surface area contributed by atoms with Gasteiger partial charge in [-0.05, 0) is 42.7 Å². The van der Waals surface area contributed by atoms with Crippen LogP contribution in [-0.2, 0) is 6.54 Å². The number of nitrogens with zero attached hydrogens (tertiary/aromatic N) is 3. The highest BCUT2D eigenvalue weighted by molar-refractivity contribution is 5.49. The summed E-state index contributed by atoms with van der Waals surface area (Å²) in [6.45, 7) is 3.03. The second kappa shape index (κ2) is 5.95.